The third-order valence-corrected chi connectivity index (χ3v) is 6.95. The van der Waals surface area contributed by atoms with Gasteiger partial charge in [0.25, 0.3) is 0 Å². The summed E-state index contributed by atoms with van der Waals surface area (Å²) in [6.45, 7) is 11.1. The molecule has 2 unspecified atom stereocenters. The van der Waals surface area contributed by atoms with E-state index in [0.29, 0.717) is 0 Å². The molecular formula is C32H45N3O4. The van der Waals surface area contributed by atoms with Crippen molar-refractivity contribution in [3.05, 3.63) is 71.3 Å². The van der Waals surface area contributed by atoms with Crippen LogP contribution in [0.4, 0.5) is 4.79 Å². The van der Waals surface area contributed by atoms with Gasteiger partial charge in [-0.05, 0) is 65.5 Å². The Morgan fingerprint density at radius 3 is 2.13 bits per heavy atom. The summed E-state index contributed by atoms with van der Waals surface area (Å²) < 4.78 is 5.50. The normalized spacial score (nSPS) is 15.8. The summed E-state index contributed by atoms with van der Waals surface area (Å²) >= 11 is 0. The number of aryl methyl sites for hydroxylation is 1. The molecule has 39 heavy (non-hydrogen) atoms. The van der Waals surface area contributed by atoms with Gasteiger partial charge < -0.3 is 20.3 Å². The number of amides is 3. The molecule has 2 N–H and O–H groups in total. The minimum Gasteiger partial charge on any atom is -0.444 e. The fraction of sp³-hybridized carbons (Fsp3) is 0.531. The van der Waals surface area contributed by atoms with Crippen LogP contribution in [0.15, 0.2) is 54.6 Å². The molecule has 2 atom stereocenters. The van der Waals surface area contributed by atoms with Gasteiger partial charge in [-0.1, -0.05) is 79.4 Å². The van der Waals surface area contributed by atoms with Crippen LogP contribution in [0.3, 0.4) is 0 Å². The molecule has 0 saturated heterocycles. The smallest absolute Gasteiger partial charge is 0.408 e. The molecule has 7 heteroatoms. The Bertz CT molecular complexity index is 1090. The lowest BCUT2D eigenvalue weighted by molar-refractivity contribution is -0.145. The Labute approximate surface area is 233 Å². The molecule has 212 valence electrons. The van der Waals surface area contributed by atoms with Gasteiger partial charge in [-0.2, -0.15) is 0 Å². The van der Waals surface area contributed by atoms with Crippen LogP contribution in [0.1, 0.15) is 89.5 Å². The monoisotopic (exact) mass is 535 g/mol. The third kappa shape index (κ3) is 9.12. The summed E-state index contributed by atoms with van der Waals surface area (Å²) in [5, 5.41) is 6.05. The van der Waals surface area contributed by atoms with Crippen LogP contribution in [0.25, 0.3) is 0 Å². The molecule has 3 amide bonds. The highest BCUT2D eigenvalue weighted by atomic mass is 16.6. The summed E-state index contributed by atoms with van der Waals surface area (Å²) in [6, 6.07) is 15.3. The van der Waals surface area contributed by atoms with Crippen LogP contribution in [0, 0.1) is 6.92 Å². The van der Waals surface area contributed by atoms with Gasteiger partial charge in [0.1, 0.15) is 17.7 Å². The van der Waals surface area contributed by atoms with E-state index < -0.39 is 23.8 Å². The van der Waals surface area contributed by atoms with Gasteiger partial charge in [0, 0.05) is 18.5 Å². The molecule has 0 spiro atoms. The van der Waals surface area contributed by atoms with Gasteiger partial charge in [0.05, 0.1) is 0 Å². The van der Waals surface area contributed by atoms with Crippen molar-refractivity contribution in [1.82, 2.24) is 15.5 Å². The molecule has 2 aromatic carbocycles. The first kappa shape index (κ1) is 30.2. The van der Waals surface area contributed by atoms with Crippen molar-refractivity contribution < 1.29 is 19.1 Å². The number of alkyl carbamates (subject to hydrolysis) is 1. The van der Waals surface area contributed by atoms with Crippen LogP contribution in [-0.4, -0.2) is 46.5 Å². The first-order chi connectivity index (χ1) is 18.4. The molecule has 0 bridgehead atoms. The lowest BCUT2D eigenvalue weighted by atomic mass is 9.94. The molecule has 2 aromatic rings. The van der Waals surface area contributed by atoms with E-state index in [1.165, 1.54) is 6.42 Å². The Kier molecular flexibility index (Phi) is 10.6. The van der Waals surface area contributed by atoms with Gasteiger partial charge in [0.15, 0.2) is 0 Å². The molecule has 1 aliphatic rings. The standard InChI is InChI=1S/C32H45N3O4/c1-22(2)35(28(25-19-17-23(3)18-20-25)29(36)33-26-15-11-8-12-16-26)30(37)27(21-24-13-9-7-10-14-24)34-31(38)39-32(4,5)6/h7,9-10,13-14,17-20,22,26-28H,8,11-12,15-16,21H2,1-6H3,(H,33,36)(H,34,38). The lowest BCUT2D eigenvalue weighted by Crippen LogP contribution is -2.56. The molecule has 3 rings (SSSR count). The highest BCUT2D eigenvalue weighted by Gasteiger charge is 2.38. The fourth-order valence-electron chi connectivity index (χ4n) is 5.07. The van der Waals surface area contributed by atoms with Gasteiger partial charge >= 0.3 is 6.09 Å². The summed E-state index contributed by atoms with van der Waals surface area (Å²) in [5.41, 5.74) is 1.99. The van der Waals surface area contributed by atoms with Crippen molar-refractivity contribution >= 4 is 17.9 Å². The van der Waals surface area contributed by atoms with Crippen LogP contribution in [0.5, 0.6) is 0 Å². The second-order valence-electron chi connectivity index (χ2n) is 11.9. The van der Waals surface area contributed by atoms with Crippen molar-refractivity contribution in [2.75, 3.05) is 0 Å². The van der Waals surface area contributed by atoms with E-state index in [0.717, 1.165) is 42.4 Å². The predicted molar refractivity (Wildman–Crippen MR) is 154 cm³/mol. The molecule has 0 aliphatic heterocycles. The van der Waals surface area contributed by atoms with Gasteiger partial charge in [-0.15, -0.1) is 0 Å². The number of hydrogen-bond donors (Lipinski definition) is 2. The molecule has 0 aromatic heterocycles. The van der Waals surface area contributed by atoms with E-state index in [4.69, 9.17) is 4.74 Å². The Hall–Kier alpha value is -3.35. The van der Waals surface area contributed by atoms with E-state index in [1.54, 1.807) is 25.7 Å². The fourth-order valence-corrected chi connectivity index (χ4v) is 5.07. The van der Waals surface area contributed by atoms with Crippen LogP contribution < -0.4 is 10.6 Å². The quantitative estimate of drug-likeness (QED) is 0.421. The number of hydrogen-bond acceptors (Lipinski definition) is 4. The van der Waals surface area contributed by atoms with Crippen LogP contribution >= 0.6 is 0 Å². The molecule has 0 heterocycles. The maximum absolute atomic E-state index is 14.3. The second kappa shape index (κ2) is 13.6. The van der Waals surface area contributed by atoms with Gasteiger partial charge in [-0.3, -0.25) is 9.59 Å². The minimum absolute atomic E-state index is 0.100. The number of ether oxygens (including phenoxy) is 1. The summed E-state index contributed by atoms with van der Waals surface area (Å²) in [6.07, 6.45) is 4.85. The Balaban J connectivity index is 1.98. The zero-order valence-electron chi connectivity index (χ0n) is 24.3. The average molecular weight is 536 g/mol. The Morgan fingerprint density at radius 2 is 1.56 bits per heavy atom. The Morgan fingerprint density at radius 1 is 0.949 bits per heavy atom. The summed E-state index contributed by atoms with van der Waals surface area (Å²) in [7, 11) is 0. The third-order valence-electron chi connectivity index (χ3n) is 6.95. The van der Waals surface area contributed by atoms with Crippen LogP contribution in [-0.2, 0) is 20.7 Å². The predicted octanol–water partition coefficient (Wildman–Crippen LogP) is 5.86. The maximum atomic E-state index is 14.3. The van der Waals surface area contributed by atoms with Crippen molar-refractivity contribution in [3.8, 4) is 0 Å². The average Bonchev–Trinajstić information content (AvgIpc) is 2.87. The largest absolute Gasteiger partial charge is 0.444 e. The zero-order chi connectivity index (χ0) is 28.6. The van der Waals surface area contributed by atoms with Crippen molar-refractivity contribution in [2.24, 2.45) is 0 Å². The van der Waals surface area contributed by atoms with Gasteiger partial charge in [-0.25, -0.2) is 4.79 Å². The van der Waals surface area contributed by atoms with E-state index in [2.05, 4.69) is 10.6 Å². The van der Waals surface area contributed by atoms with Crippen molar-refractivity contribution in [2.45, 2.75) is 110 Å². The zero-order valence-corrected chi connectivity index (χ0v) is 24.3. The van der Waals surface area contributed by atoms with E-state index in [9.17, 15) is 14.4 Å². The maximum Gasteiger partial charge on any atom is 0.408 e. The number of rotatable bonds is 9. The van der Waals surface area contributed by atoms with E-state index in [-0.39, 0.29) is 30.3 Å². The summed E-state index contributed by atoms with van der Waals surface area (Å²) in [5.74, 6) is -0.521. The van der Waals surface area contributed by atoms with Crippen LogP contribution in [0.2, 0.25) is 0 Å². The first-order valence-corrected chi connectivity index (χ1v) is 14.2. The van der Waals surface area contributed by atoms with Crippen molar-refractivity contribution in [3.63, 3.8) is 0 Å². The SMILES string of the molecule is Cc1ccc(C(C(=O)NC2CCCCC2)N(C(=O)C(Cc2ccccc2)NC(=O)OC(C)(C)C)C(C)C)cc1. The van der Waals surface area contributed by atoms with Crippen molar-refractivity contribution in [1.29, 1.82) is 0 Å². The van der Waals surface area contributed by atoms with Gasteiger partial charge in [0.2, 0.25) is 11.8 Å². The minimum atomic E-state index is -0.917. The summed E-state index contributed by atoms with van der Waals surface area (Å²) in [4.78, 5) is 42.7. The topological polar surface area (TPSA) is 87.7 Å². The number of carbonyl (C=O) groups excluding carboxylic acids is 3. The molecular weight excluding hydrogens is 490 g/mol. The highest BCUT2D eigenvalue weighted by molar-refractivity contribution is 5.92. The molecule has 1 saturated carbocycles. The second-order valence-corrected chi connectivity index (χ2v) is 11.9. The van der Waals surface area contributed by atoms with E-state index in [1.807, 2.05) is 75.4 Å². The molecule has 0 radical (unpaired) electrons. The molecule has 1 aliphatic carbocycles. The first-order valence-electron chi connectivity index (χ1n) is 14.2. The molecule has 7 nitrogen and oxygen atoms in total. The lowest BCUT2D eigenvalue weighted by Gasteiger charge is -2.38. The molecule has 1 fully saturated rings. The number of nitrogens with one attached hydrogen (secondary N) is 2. The highest BCUT2D eigenvalue weighted by Crippen LogP contribution is 2.27. The number of carbonyl (C=O) groups is 3. The number of nitrogens with zero attached hydrogens (tertiary/aromatic N) is 1. The number of benzene rings is 2. The van der Waals surface area contributed by atoms with E-state index >= 15 is 0 Å².